The van der Waals surface area contributed by atoms with E-state index in [1.807, 2.05) is 0 Å². The summed E-state index contributed by atoms with van der Waals surface area (Å²) >= 11 is 0. The van der Waals surface area contributed by atoms with Crippen molar-refractivity contribution in [1.82, 2.24) is 10.1 Å². The van der Waals surface area contributed by atoms with E-state index < -0.39 is 0 Å². The number of hydrogen-bond donors (Lipinski definition) is 0. The van der Waals surface area contributed by atoms with E-state index in [1.165, 1.54) is 0 Å². The van der Waals surface area contributed by atoms with E-state index in [1.54, 1.807) is 38.1 Å². The Labute approximate surface area is 110 Å². The van der Waals surface area contributed by atoms with E-state index in [2.05, 4.69) is 10.1 Å². The molecule has 0 fully saturated rings. The molecule has 19 heavy (non-hydrogen) atoms. The molecular formula is C13H14N2O4. The minimum Gasteiger partial charge on any atom is -0.484 e. The molecule has 0 aliphatic rings. The Morgan fingerprint density at radius 2 is 2.05 bits per heavy atom. The predicted octanol–water partition coefficient (Wildman–Crippen LogP) is 2.13. The van der Waals surface area contributed by atoms with Gasteiger partial charge in [-0.2, -0.15) is 4.98 Å². The molecule has 0 spiro atoms. The summed E-state index contributed by atoms with van der Waals surface area (Å²) in [7, 11) is 0. The van der Waals surface area contributed by atoms with Crippen molar-refractivity contribution in [3.8, 4) is 5.75 Å². The summed E-state index contributed by atoms with van der Waals surface area (Å²) in [4.78, 5) is 15.5. The van der Waals surface area contributed by atoms with Gasteiger partial charge in [0.15, 0.2) is 12.4 Å². The monoisotopic (exact) mass is 262 g/mol. The van der Waals surface area contributed by atoms with Crippen LogP contribution in [-0.4, -0.2) is 22.7 Å². The number of aromatic nitrogens is 2. The highest BCUT2D eigenvalue weighted by atomic mass is 16.5. The van der Waals surface area contributed by atoms with Crippen molar-refractivity contribution < 1.29 is 18.8 Å². The topological polar surface area (TPSA) is 74.5 Å². The molecule has 0 unspecified atom stereocenters. The highest BCUT2D eigenvalue weighted by molar-refractivity contribution is 5.89. The lowest BCUT2D eigenvalue weighted by molar-refractivity contribution is 0.0526. The van der Waals surface area contributed by atoms with Crippen molar-refractivity contribution in [2.45, 2.75) is 20.5 Å². The van der Waals surface area contributed by atoms with E-state index >= 15 is 0 Å². The third-order valence-corrected chi connectivity index (χ3v) is 2.30. The van der Waals surface area contributed by atoms with Gasteiger partial charge in [0.25, 0.3) is 5.89 Å². The number of ether oxygens (including phenoxy) is 2. The number of hydrogen-bond acceptors (Lipinski definition) is 6. The second kappa shape index (κ2) is 5.99. The SMILES string of the molecule is CCOC(=O)c1ccc(OCc2nc(C)no2)cc1. The highest BCUT2D eigenvalue weighted by Gasteiger charge is 2.07. The molecule has 0 amide bonds. The van der Waals surface area contributed by atoms with Gasteiger partial charge in [-0.15, -0.1) is 0 Å². The molecule has 2 rings (SSSR count). The van der Waals surface area contributed by atoms with Crippen molar-refractivity contribution >= 4 is 5.97 Å². The number of nitrogens with zero attached hydrogens (tertiary/aromatic N) is 2. The van der Waals surface area contributed by atoms with Crippen molar-refractivity contribution in [3.63, 3.8) is 0 Å². The Morgan fingerprint density at radius 3 is 2.63 bits per heavy atom. The van der Waals surface area contributed by atoms with Crippen LogP contribution in [0.5, 0.6) is 5.75 Å². The van der Waals surface area contributed by atoms with E-state index in [9.17, 15) is 4.79 Å². The zero-order valence-electron chi connectivity index (χ0n) is 10.8. The lowest BCUT2D eigenvalue weighted by atomic mass is 10.2. The molecule has 0 aliphatic carbocycles. The Morgan fingerprint density at radius 1 is 1.32 bits per heavy atom. The van der Waals surface area contributed by atoms with E-state index in [-0.39, 0.29) is 12.6 Å². The lowest BCUT2D eigenvalue weighted by Crippen LogP contribution is -2.04. The van der Waals surface area contributed by atoms with Gasteiger partial charge in [0.1, 0.15) is 5.75 Å². The zero-order chi connectivity index (χ0) is 13.7. The van der Waals surface area contributed by atoms with Gasteiger partial charge in [0.05, 0.1) is 12.2 Å². The van der Waals surface area contributed by atoms with E-state index in [0.29, 0.717) is 29.6 Å². The first-order valence-corrected chi connectivity index (χ1v) is 5.88. The maximum absolute atomic E-state index is 11.4. The Bertz CT molecular complexity index is 548. The van der Waals surface area contributed by atoms with Crippen LogP contribution < -0.4 is 4.74 Å². The summed E-state index contributed by atoms with van der Waals surface area (Å²) in [5.41, 5.74) is 0.489. The fraction of sp³-hybridized carbons (Fsp3) is 0.308. The molecule has 1 heterocycles. The molecule has 6 heteroatoms. The third-order valence-electron chi connectivity index (χ3n) is 2.30. The zero-order valence-corrected chi connectivity index (χ0v) is 10.8. The van der Waals surface area contributed by atoms with Crippen molar-refractivity contribution in [2.75, 3.05) is 6.61 Å². The maximum Gasteiger partial charge on any atom is 0.338 e. The molecule has 0 radical (unpaired) electrons. The fourth-order valence-corrected chi connectivity index (χ4v) is 1.45. The van der Waals surface area contributed by atoms with Crippen LogP contribution in [0, 0.1) is 6.92 Å². The van der Waals surface area contributed by atoms with Crippen LogP contribution in [0.2, 0.25) is 0 Å². The quantitative estimate of drug-likeness (QED) is 0.768. The van der Waals surface area contributed by atoms with Crippen molar-refractivity contribution in [2.24, 2.45) is 0 Å². The maximum atomic E-state index is 11.4. The van der Waals surface area contributed by atoms with Gasteiger partial charge >= 0.3 is 5.97 Å². The second-order valence-electron chi connectivity index (χ2n) is 3.77. The van der Waals surface area contributed by atoms with Crippen LogP contribution in [0.25, 0.3) is 0 Å². The van der Waals surface area contributed by atoms with Crippen LogP contribution >= 0.6 is 0 Å². The molecule has 100 valence electrons. The number of rotatable bonds is 5. The summed E-state index contributed by atoms with van der Waals surface area (Å²) in [6.07, 6.45) is 0. The average molecular weight is 262 g/mol. The average Bonchev–Trinajstić information content (AvgIpc) is 2.83. The molecule has 0 saturated heterocycles. The van der Waals surface area contributed by atoms with Gasteiger partial charge in [-0.1, -0.05) is 5.16 Å². The van der Waals surface area contributed by atoms with Gasteiger partial charge in [-0.3, -0.25) is 0 Å². The van der Waals surface area contributed by atoms with Crippen LogP contribution in [-0.2, 0) is 11.3 Å². The van der Waals surface area contributed by atoms with Crippen LogP contribution in [0.15, 0.2) is 28.8 Å². The molecule has 0 bridgehead atoms. The number of carbonyl (C=O) groups is 1. The van der Waals surface area contributed by atoms with E-state index in [0.717, 1.165) is 0 Å². The van der Waals surface area contributed by atoms with Crippen LogP contribution in [0.4, 0.5) is 0 Å². The Balaban J connectivity index is 1.93. The number of carbonyl (C=O) groups excluding carboxylic acids is 1. The second-order valence-corrected chi connectivity index (χ2v) is 3.77. The standard InChI is InChI=1S/C13H14N2O4/c1-3-17-13(16)10-4-6-11(7-5-10)18-8-12-14-9(2)15-19-12/h4-7H,3,8H2,1-2H3. The highest BCUT2D eigenvalue weighted by Crippen LogP contribution is 2.14. The molecule has 1 aromatic heterocycles. The minimum atomic E-state index is -0.346. The molecule has 6 nitrogen and oxygen atoms in total. The third kappa shape index (κ3) is 3.54. The molecule has 0 N–H and O–H groups in total. The van der Waals surface area contributed by atoms with Gasteiger partial charge < -0.3 is 14.0 Å². The minimum absolute atomic E-state index is 0.194. The first kappa shape index (κ1) is 13.1. The van der Waals surface area contributed by atoms with Crippen molar-refractivity contribution in [3.05, 3.63) is 41.5 Å². The first-order chi connectivity index (χ1) is 9.19. The Hall–Kier alpha value is -2.37. The van der Waals surface area contributed by atoms with Gasteiger partial charge in [-0.05, 0) is 38.1 Å². The molecule has 1 aromatic carbocycles. The van der Waals surface area contributed by atoms with Crippen molar-refractivity contribution in [1.29, 1.82) is 0 Å². The van der Waals surface area contributed by atoms with E-state index in [4.69, 9.17) is 14.0 Å². The van der Waals surface area contributed by atoms with Gasteiger partial charge in [0, 0.05) is 0 Å². The summed E-state index contributed by atoms with van der Waals surface area (Å²) in [6, 6.07) is 6.67. The van der Waals surface area contributed by atoms with Crippen LogP contribution in [0.1, 0.15) is 29.0 Å². The normalized spacial score (nSPS) is 10.2. The summed E-state index contributed by atoms with van der Waals surface area (Å²) in [6.45, 7) is 4.05. The fourth-order valence-electron chi connectivity index (χ4n) is 1.45. The molecule has 0 aliphatic heterocycles. The Kier molecular flexibility index (Phi) is 4.12. The summed E-state index contributed by atoms with van der Waals surface area (Å²) < 4.78 is 15.3. The molecular weight excluding hydrogens is 248 g/mol. The number of aryl methyl sites for hydroxylation is 1. The van der Waals surface area contributed by atoms with Gasteiger partial charge in [-0.25, -0.2) is 4.79 Å². The predicted molar refractivity (Wildman–Crippen MR) is 65.8 cm³/mol. The first-order valence-electron chi connectivity index (χ1n) is 5.88. The smallest absolute Gasteiger partial charge is 0.338 e. The largest absolute Gasteiger partial charge is 0.484 e. The van der Waals surface area contributed by atoms with Gasteiger partial charge in [0.2, 0.25) is 0 Å². The lowest BCUT2D eigenvalue weighted by Gasteiger charge is -2.04. The number of benzene rings is 1. The molecule has 0 atom stereocenters. The molecule has 2 aromatic rings. The van der Waals surface area contributed by atoms with Crippen LogP contribution in [0.3, 0.4) is 0 Å². The summed E-state index contributed by atoms with van der Waals surface area (Å²) in [5.74, 6) is 1.24. The number of esters is 1. The summed E-state index contributed by atoms with van der Waals surface area (Å²) in [5, 5.41) is 3.66. The molecule has 0 saturated carbocycles.